The Morgan fingerprint density at radius 3 is 2.78 bits per heavy atom. The van der Waals surface area contributed by atoms with Gasteiger partial charge in [-0.2, -0.15) is 0 Å². The third-order valence-corrected chi connectivity index (χ3v) is 8.67. The number of para-hydroxylation sites is 1. The smallest absolute Gasteiger partial charge is 0.258 e. The molecule has 0 spiro atoms. The molecule has 1 saturated heterocycles. The van der Waals surface area contributed by atoms with E-state index in [0.717, 1.165) is 43.4 Å². The monoisotopic (exact) mass is 519 g/mol. The standard InChI is InChI=1S/C29H33N3O4S/c1-17(2)18-12-13-22-25(16-18)37-29(30-22)31-27(34)20-8-4-7-19(15-20)23-10-6-14-32(23)28(35)21-9-5-11-24(36-3)26(21)33/h4-5,7-9,11,15,17-18,23,33H,6,10,12-14,16H2,1-3H3,(H,30,31,34). The number of rotatable bonds is 6. The molecule has 2 N–H and O–H groups in total. The van der Waals surface area contributed by atoms with Crippen LogP contribution in [0, 0.1) is 11.8 Å². The fraction of sp³-hybridized carbons (Fsp3) is 0.414. The van der Waals surface area contributed by atoms with Crippen LogP contribution in [0.3, 0.4) is 0 Å². The summed E-state index contributed by atoms with van der Waals surface area (Å²) in [5.41, 5.74) is 2.77. The Morgan fingerprint density at radius 2 is 2.00 bits per heavy atom. The van der Waals surface area contributed by atoms with E-state index in [0.29, 0.717) is 29.1 Å². The molecule has 1 aliphatic heterocycles. The largest absolute Gasteiger partial charge is 0.504 e. The fourth-order valence-electron chi connectivity index (χ4n) is 5.45. The molecule has 0 saturated carbocycles. The zero-order chi connectivity index (χ0) is 26.1. The first kappa shape index (κ1) is 25.3. The van der Waals surface area contributed by atoms with Crippen LogP contribution in [0.15, 0.2) is 42.5 Å². The lowest BCUT2D eigenvalue weighted by atomic mass is 9.83. The van der Waals surface area contributed by atoms with E-state index in [1.807, 2.05) is 18.2 Å². The number of benzene rings is 2. The van der Waals surface area contributed by atoms with Crippen molar-refractivity contribution in [3.05, 3.63) is 69.7 Å². The van der Waals surface area contributed by atoms with E-state index >= 15 is 0 Å². The van der Waals surface area contributed by atoms with Crippen molar-refractivity contribution in [1.29, 1.82) is 0 Å². The number of hydrogen-bond acceptors (Lipinski definition) is 6. The molecule has 2 aromatic carbocycles. The molecule has 0 bridgehead atoms. The van der Waals surface area contributed by atoms with Crippen LogP contribution in [-0.4, -0.2) is 40.5 Å². The number of likely N-dealkylation sites (tertiary alicyclic amines) is 1. The van der Waals surface area contributed by atoms with Gasteiger partial charge in [-0.3, -0.25) is 14.9 Å². The lowest BCUT2D eigenvalue weighted by Crippen LogP contribution is -2.30. The summed E-state index contributed by atoms with van der Waals surface area (Å²) in [5, 5.41) is 14.2. The maximum absolute atomic E-state index is 13.4. The number of carbonyl (C=O) groups is 2. The molecule has 7 nitrogen and oxygen atoms in total. The highest BCUT2D eigenvalue weighted by atomic mass is 32.1. The van der Waals surface area contributed by atoms with E-state index in [1.165, 1.54) is 12.0 Å². The van der Waals surface area contributed by atoms with Crippen molar-refractivity contribution in [3.8, 4) is 11.5 Å². The predicted molar refractivity (Wildman–Crippen MR) is 145 cm³/mol. The average molecular weight is 520 g/mol. The molecule has 2 amide bonds. The molecule has 1 aromatic heterocycles. The summed E-state index contributed by atoms with van der Waals surface area (Å²) in [6, 6.07) is 12.2. The van der Waals surface area contributed by atoms with Crippen LogP contribution in [0.5, 0.6) is 11.5 Å². The van der Waals surface area contributed by atoms with Crippen LogP contribution in [-0.2, 0) is 12.8 Å². The summed E-state index contributed by atoms with van der Waals surface area (Å²) in [6.07, 6.45) is 4.78. The summed E-state index contributed by atoms with van der Waals surface area (Å²) in [6.45, 7) is 5.12. The summed E-state index contributed by atoms with van der Waals surface area (Å²) in [5.74, 6) is 0.982. The molecule has 37 heavy (non-hydrogen) atoms. The van der Waals surface area contributed by atoms with Gasteiger partial charge in [-0.05, 0) is 73.8 Å². The molecule has 2 unspecified atom stereocenters. The number of nitrogens with one attached hydrogen (secondary N) is 1. The third kappa shape index (κ3) is 5.07. The first-order valence-electron chi connectivity index (χ1n) is 12.9. The van der Waals surface area contributed by atoms with Crippen molar-refractivity contribution in [2.45, 2.75) is 52.0 Å². The Labute approximate surface area is 221 Å². The molecule has 194 valence electrons. The fourth-order valence-corrected chi connectivity index (χ4v) is 6.55. The second kappa shape index (κ2) is 10.5. The van der Waals surface area contributed by atoms with Crippen LogP contribution in [0.1, 0.15) is 76.0 Å². The second-order valence-corrected chi connectivity index (χ2v) is 11.3. The van der Waals surface area contributed by atoms with Crippen molar-refractivity contribution >= 4 is 28.3 Å². The molecular weight excluding hydrogens is 486 g/mol. The topological polar surface area (TPSA) is 91.8 Å². The van der Waals surface area contributed by atoms with Crippen LogP contribution in [0.4, 0.5) is 5.13 Å². The van der Waals surface area contributed by atoms with E-state index in [-0.39, 0.29) is 34.9 Å². The number of aromatic hydroxyl groups is 1. The van der Waals surface area contributed by atoms with Crippen molar-refractivity contribution in [1.82, 2.24) is 9.88 Å². The van der Waals surface area contributed by atoms with E-state index in [1.54, 1.807) is 40.5 Å². The first-order valence-corrected chi connectivity index (χ1v) is 13.7. The highest BCUT2D eigenvalue weighted by molar-refractivity contribution is 7.15. The summed E-state index contributed by atoms with van der Waals surface area (Å²) in [7, 11) is 1.46. The highest BCUT2D eigenvalue weighted by Gasteiger charge is 2.33. The van der Waals surface area contributed by atoms with Crippen molar-refractivity contribution in [2.75, 3.05) is 19.0 Å². The van der Waals surface area contributed by atoms with Crippen molar-refractivity contribution in [2.24, 2.45) is 11.8 Å². The van der Waals surface area contributed by atoms with Gasteiger partial charge in [0.15, 0.2) is 16.6 Å². The van der Waals surface area contributed by atoms with Gasteiger partial charge in [0.1, 0.15) is 0 Å². The van der Waals surface area contributed by atoms with Gasteiger partial charge < -0.3 is 14.7 Å². The normalized spacial score (nSPS) is 19.1. The molecule has 3 aromatic rings. The Balaban J connectivity index is 1.32. The minimum absolute atomic E-state index is 0.153. The van der Waals surface area contributed by atoms with Crippen LogP contribution in [0.2, 0.25) is 0 Å². The molecule has 2 atom stereocenters. The number of nitrogens with zero attached hydrogens (tertiary/aromatic N) is 2. The Hall–Kier alpha value is -3.39. The summed E-state index contributed by atoms with van der Waals surface area (Å²) >= 11 is 1.59. The molecule has 2 aliphatic rings. The second-order valence-electron chi connectivity index (χ2n) is 10.2. The Morgan fingerprint density at radius 1 is 1.19 bits per heavy atom. The number of aromatic nitrogens is 1. The van der Waals surface area contributed by atoms with Crippen molar-refractivity contribution < 1.29 is 19.4 Å². The average Bonchev–Trinajstić information content (AvgIpc) is 3.55. The number of hydrogen-bond donors (Lipinski definition) is 2. The van der Waals surface area contributed by atoms with Gasteiger partial charge in [-0.1, -0.05) is 32.0 Å². The van der Waals surface area contributed by atoms with Gasteiger partial charge in [-0.15, -0.1) is 11.3 Å². The lowest BCUT2D eigenvalue weighted by molar-refractivity contribution is 0.0732. The number of phenols is 1. The van der Waals surface area contributed by atoms with Crippen LogP contribution < -0.4 is 10.1 Å². The molecule has 5 rings (SSSR count). The molecule has 0 radical (unpaired) electrons. The molecule has 1 fully saturated rings. The number of fused-ring (bicyclic) bond motifs is 1. The van der Waals surface area contributed by atoms with Crippen LogP contribution in [0.25, 0.3) is 0 Å². The van der Waals surface area contributed by atoms with E-state index in [4.69, 9.17) is 9.72 Å². The Kier molecular flexibility index (Phi) is 7.20. The lowest BCUT2D eigenvalue weighted by Gasteiger charge is -2.26. The number of phenolic OH excluding ortho intramolecular Hbond substituents is 1. The van der Waals surface area contributed by atoms with E-state index < -0.39 is 0 Å². The number of anilines is 1. The van der Waals surface area contributed by atoms with E-state index in [9.17, 15) is 14.7 Å². The van der Waals surface area contributed by atoms with Crippen molar-refractivity contribution in [3.63, 3.8) is 0 Å². The van der Waals surface area contributed by atoms with Gasteiger partial charge >= 0.3 is 0 Å². The number of ether oxygens (including phenoxy) is 1. The van der Waals surface area contributed by atoms with Gasteiger partial charge in [0.2, 0.25) is 0 Å². The highest BCUT2D eigenvalue weighted by Crippen LogP contribution is 2.38. The molecule has 1 aliphatic carbocycles. The van der Waals surface area contributed by atoms with Crippen LogP contribution >= 0.6 is 11.3 Å². The third-order valence-electron chi connectivity index (χ3n) is 7.64. The number of methoxy groups -OCH3 is 1. The number of carbonyl (C=O) groups excluding carboxylic acids is 2. The molecule has 2 heterocycles. The van der Waals surface area contributed by atoms with Gasteiger partial charge in [0, 0.05) is 17.0 Å². The quantitative estimate of drug-likeness (QED) is 0.426. The maximum Gasteiger partial charge on any atom is 0.258 e. The zero-order valence-corrected chi connectivity index (χ0v) is 22.3. The Bertz CT molecular complexity index is 1320. The number of thiazole rings is 1. The maximum atomic E-state index is 13.4. The molecular formula is C29H33N3O4S. The van der Waals surface area contributed by atoms with E-state index in [2.05, 4.69) is 19.2 Å². The minimum atomic E-state index is -0.248. The number of aryl methyl sites for hydroxylation is 1. The predicted octanol–water partition coefficient (Wildman–Crippen LogP) is 5.85. The molecule has 8 heteroatoms. The minimum Gasteiger partial charge on any atom is -0.504 e. The van der Waals surface area contributed by atoms with Gasteiger partial charge in [-0.25, -0.2) is 4.98 Å². The first-order chi connectivity index (χ1) is 17.9. The van der Waals surface area contributed by atoms with Gasteiger partial charge in [0.25, 0.3) is 11.8 Å². The van der Waals surface area contributed by atoms with Gasteiger partial charge in [0.05, 0.1) is 24.4 Å². The zero-order valence-electron chi connectivity index (χ0n) is 21.5. The number of amides is 2. The SMILES string of the molecule is COc1cccc(C(=O)N2CCCC2c2cccc(C(=O)Nc3nc4c(s3)CC(C(C)C)CC4)c2)c1O. The summed E-state index contributed by atoms with van der Waals surface area (Å²) < 4.78 is 5.17. The summed E-state index contributed by atoms with van der Waals surface area (Å²) in [4.78, 5) is 34.3.